The molecule has 4 bridgehead atoms. The SMILES string of the molecule is Cc1ccc2c3c(C45CC6CC(CC(C6)C4)C5)cc4cc[n+](C)c5c6c(C)c(C)cc(C)c6n(c2c1)c3c45. The molecule has 0 spiro atoms. The lowest BCUT2D eigenvalue weighted by molar-refractivity contribution is -0.643. The minimum absolute atomic E-state index is 0.351. The Kier molecular flexibility index (Phi) is 3.95. The molecule has 190 valence electrons. The summed E-state index contributed by atoms with van der Waals surface area (Å²) in [6.07, 6.45) is 11.0. The van der Waals surface area contributed by atoms with Crippen molar-refractivity contribution in [3.8, 4) is 0 Å². The molecule has 2 heteroatoms. The van der Waals surface area contributed by atoms with Crippen LogP contribution in [0.5, 0.6) is 0 Å². The van der Waals surface area contributed by atoms with Crippen LogP contribution >= 0.6 is 0 Å². The van der Waals surface area contributed by atoms with E-state index in [2.05, 4.69) is 86.3 Å². The van der Waals surface area contributed by atoms with E-state index < -0.39 is 0 Å². The van der Waals surface area contributed by atoms with Crippen LogP contribution in [0.3, 0.4) is 0 Å². The van der Waals surface area contributed by atoms with Crippen molar-refractivity contribution in [3.05, 3.63) is 70.4 Å². The Morgan fingerprint density at radius 1 is 0.763 bits per heavy atom. The van der Waals surface area contributed by atoms with E-state index >= 15 is 0 Å². The van der Waals surface area contributed by atoms with Crippen LogP contribution in [0.25, 0.3) is 49.0 Å². The van der Waals surface area contributed by atoms with E-state index in [0.29, 0.717) is 5.41 Å². The highest BCUT2D eigenvalue weighted by molar-refractivity contribution is 6.28. The average Bonchev–Trinajstić information content (AvgIpc) is 3.20. The number of aryl methyl sites for hydroxylation is 5. The zero-order valence-corrected chi connectivity index (χ0v) is 23.4. The average molecular weight is 498 g/mol. The third kappa shape index (κ3) is 2.49. The molecule has 4 aliphatic carbocycles. The molecule has 4 aliphatic rings. The minimum atomic E-state index is 0.351. The molecule has 10 rings (SSSR count). The molecule has 2 nitrogen and oxygen atoms in total. The molecular formula is C36H37N2+. The number of aromatic nitrogens is 2. The highest BCUT2D eigenvalue weighted by atomic mass is 15.0. The molecule has 0 radical (unpaired) electrons. The summed E-state index contributed by atoms with van der Waals surface area (Å²) < 4.78 is 5.08. The van der Waals surface area contributed by atoms with E-state index in [-0.39, 0.29) is 0 Å². The zero-order chi connectivity index (χ0) is 25.7. The molecule has 38 heavy (non-hydrogen) atoms. The number of benzene rings is 3. The summed E-state index contributed by atoms with van der Waals surface area (Å²) in [5.74, 6) is 2.81. The van der Waals surface area contributed by atoms with Gasteiger partial charge in [0.15, 0.2) is 6.20 Å². The van der Waals surface area contributed by atoms with Gasteiger partial charge in [0.2, 0.25) is 5.52 Å². The van der Waals surface area contributed by atoms with Gasteiger partial charge in [-0.25, -0.2) is 4.57 Å². The van der Waals surface area contributed by atoms with Crippen LogP contribution in [-0.2, 0) is 12.5 Å². The van der Waals surface area contributed by atoms with Crippen molar-refractivity contribution in [3.63, 3.8) is 0 Å². The summed E-state index contributed by atoms with van der Waals surface area (Å²) >= 11 is 0. The molecular weight excluding hydrogens is 460 g/mol. The Morgan fingerprint density at radius 2 is 1.47 bits per heavy atom. The molecule has 0 amide bonds. The van der Waals surface area contributed by atoms with Gasteiger partial charge in [-0.1, -0.05) is 18.2 Å². The van der Waals surface area contributed by atoms with Gasteiger partial charge in [0.05, 0.1) is 27.3 Å². The van der Waals surface area contributed by atoms with Gasteiger partial charge in [0.25, 0.3) is 0 Å². The highest BCUT2D eigenvalue weighted by Gasteiger charge is 2.52. The maximum Gasteiger partial charge on any atom is 0.224 e. The van der Waals surface area contributed by atoms with E-state index in [0.717, 1.165) is 17.8 Å². The van der Waals surface area contributed by atoms with E-state index in [1.54, 1.807) is 10.9 Å². The van der Waals surface area contributed by atoms with Crippen molar-refractivity contribution in [2.24, 2.45) is 24.8 Å². The third-order valence-electron chi connectivity index (χ3n) is 11.4. The van der Waals surface area contributed by atoms with Gasteiger partial charge >= 0.3 is 0 Å². The van der Waals surface area contributed by atoms with Gasteiger partial charge in [-0.2, -0.15) is 0 Å². The summed E-state index contributed by atoms with van der Waals surface area (Å²) in [5, 5.41) is 7.33. The summed E-state index contributed by atoms with van der Waals surface area (Å²) in [6.45, 7) is 9.19. The van der Waals surface area contributed by atoms with E-state index in [9.17, 15) is 0 Å². The molecule has 4 saturated carbocycles. The maximum absolute atomic E-state index is 2.69. The fraction of sp³-hybridized carbons (Fsp3) is 0.417. The fourth-order valence-corrected chi connectivity index (χ4v) is 10.2. The van der Waals surface area contributed by atoms with Crippen molar-refractivity contribution in [1.29, 1.82) is 0 Å². The highest BCUT2D eigenvalue weighted by Crippen LogP contribution is 2.62. The largest absolute Gasteiger partial charge is 0.307 e. The second-order valence-electron chi connectivity index (χ2n) is 13.8. The van der Waals surface area contributed by atoms with Crippen molar-refractivity contribution in [2.45, 2.75) is 71.6 Å². The second kappa shape index (κ2) is 6.89. The summed E-state index contributed by atoms with van der Waals surface area (Å²) in [4.78, 5) is 0. The number of hydrogen-bond donors (Lipinski definition) is 0. The number of hydrogen-bond acceptors (Lipinski definition) is 0. The first-order valence-electron chi connectivity index (χ1n) is 14.8. The lowest BCUT2D eigenvalue weighted by Gasteiger charge is -2.57. The third-order valence-corrected chi connectivity index (χ3v) is 11.4. The van der Waals surface area contributed by atoms with Gasteiger partial charge in [0.1, 0.15) is 7.05 Å². The molecule has 3 aromatic carbocycles. The molecule has 3 heterocycles. The summed E-state index contributed by atoms with van der Waals surface area (Å²) in [6, 6.07) is 14.7. The first-order valence-corrected chi connectivity index (χ1v) is 14.8. The first kappa shape index (κ1) is 21.8. The normalized spacial score (nSPS) is 26.8. The van der Waals surface area contributed by atoms with E-state index in [4.69, 9.17) is 0 Å². The Hall–Kier alpha value is -3.13. The Bertz CT molecular complexity index is 1970. The fourth-order valence-electron chi connectivity index (χ4n) is 10.2. The van der Waals surface area contributed by atoms with Crippen LogP contribution in [0.4, 0.5) is 0 Å². The van der Waals surface area contributed by atoms with Crippen molar-refractivity contribution in [1.82, 2.24) is 4.40 Å². The quantitative estimate of drug-likeness (QED) is 0.122. The van der Waals surface area contributed by atoms with Crippen molar-refractivity contribution in [2.75, 3.05) is 0 Å². The van der Waals surface area contributed by atoms with E-state index in [1.807, 2.05) is 0 Å². The summed E-state index contributed by atoms with van der Waals surface area (Å²) in [7, 11) is 2.25. The lowest BCUT2D eigenvalue weighted by Crippen LogP contribution is -2.48. The van der Waals surface area contributed by atoms with Crippen LogP contribution in [-0.4, -0.2) is 4.40 Å². The zero-order valence-electron chi connectivity index (χ0n) is 23.4. The molecule has 0 saturated heterocycles. The predicted octanol–water partition coefficient (Wildman–Crippen LogP) is 8.52. The van der Waals surface area contributed by atoms with Crippen LogP contribution in [0.15, 0.2) is 42.6 Å². The minimum Gasteiger partial charge on any atom is -0.307 e. The van der Waals surface area contributed by atoms with Crippen molar-refractivity contribution >= 4 is 49.0 Å². The van der Waals surface area contributed by atoms with Gasteiger partial charge in [0, 0.05) is 16.8 Å². The molecule has 4 fully saturated rings. The topological polar surface area (TPSA) is 8.29 Å². The Labute approximate surface area is 224 Å². The standard InChI is InChI=1S/C36H37N2/c1-19-6-7-27-29(10-19)38-33-21(3)11-20(2)22(4)30(33)34-31-26(8-9-37(34)5)15-28(32(27)35(31)38)36-16-23-12-24(17-36)14-25(13-23)18-36/h6-11,15,23-25H,12-14,16-18H2,1-5H3/q+1. The van der Waals surface area contributed by atoms with Gasteiger partial charge in [-0.15, -0.1) is 0 Å². The van der Waals surface area contributed by atoms with Crippen molar-refractivity contribution < 1.29 is 4.57 Å². The summed E-state index contributed by atoms with van der Waals surface area (Å²) in [5.41, 5.74) is 13.2. The van der Waals surface area contributed by atoms with Crippen LogP contribution < -0.4 is 4.57 Å². The number of fused-ring (bicyclic) bond motifs is 6. The first-order chi connectivity index (χ1) is 18.3. The molecule has 0 atom stereocenters. The molecule has 0 aliphatic heterocycles. The number of rotatable bonds is 1. The molecule has 6 aromatic rings. The van der Waals surface area contributed by atoms with Gasteiger partial charge < -0.3 is 4.40 Å². The van der Waals surface area contributed by atoms with Crippen LogP contribution in [0.1, 0.15) is 66.3 Å². The molecule has 0 unspecified atom stereocenters. The Balaban J connectivity index is 1.58. The Morgan fingerprint density at radius 3 is 2.18 bits per heavy atom. The van der Waals surface area contributed by atoms with Gasteiger partial charge in [-0.3, -0.25) is 0 Å². The predicted molar refractivity (Wildman–Crippen MR) is 159 cm³/mol. The number of pyridine rings is 2. The second-order valence-corrected chi connectivity index (χ2v) is 13.8. The molecule has 3 aromatic heterocycles. The van der Waals surface area contributed by atoms with E-state index in [1.165, 1.54) is 104 Å². The molecule has 0 N–H and O–H groups in total. The van der Waals surface area contributed by atoms with Gasteiger partial charge in [-0.05, 0) is 135 Å². The monoisotopic (exact) mass is 497 g/mol. The lowest BCUT2D eigenvalue weighted by atomic mass is 9.47. The maximum atomic E-state index is 2.69. The van der Waals surface area contributed by atoms with Crippen LogP contribution in [0.2, 0.25) is 0 Å². The van der Waals surface area contributed by atoms with Crippen LogP contribution in [0, 0.1) is 45.4 Å². The number of nitrogens with zero attached hydrogens (tertiary/aromatic N) is 2. The smallest absolute Gasteiger partial charge is 0.224 e.